The van der Waals surface area contributed by atoms with E-state index in [-0.39, 0.29) is 14.9 Å². The predicted molar refractivity (Wildman–Crippen MR) is 67.7 cm³/mol. The van der Waals surface area contributed by atoms with E-state index in [1.54, 1.807) is 0 Å². The summed E-state index contributed by atoms with van der Waals surface area (Å²) in [5, 5.41) is 0.301. The summed E-state index contributed by atoms with van der Waals surface area (Å²) in [5.41, 5.74) is 0. The molecule has 7 heteroatoms. The van der Waals surface area contributed by atoms with Crippen LogP contribution < -0.4 is 4.74 Å². The van der Waals surface area contributed by atoms with E-state index >= 15 is 0 Å². The van der Waals surface area contributed by atoms with Crippen LogP contribution in [0.4, 0.5) is 0 Å². The molecule has 1 saturated carbocycles. The molecule has 0 N–H and O–H groups in total. The molecule has 0 spiro atoms. The molecule has 0 amide bonds. The number of hydrogen-bond acceptors (Lipinski definition) is 3. The highest BCUT2D eigenvalue weighted by Crippen LogP contribution is 2.38. The topological polar surface area (TPSA) is 43.4 Å². The van der Waals surface area contributed by atoms with Gasteiger partial charge in [-0.05, 0) is 30.9 Å². The van der Waals surface area contributed by atoms with Crippen molar-refractivity contribution in [3.63, 3.8) is 0 Å². The largest absolute Gasteiger partial charge is 0.490 e. The SMILES string of the molecule is O=S(=O)(Cl)c1cc(Cl)c(OCC2CC2)c(Cl)c1. The third kappa shape index (κ3) is 3.41. The fourth-order valence-electron chi connectivity index (χ4n) is 1.30. The molecule has 0 heterocycles. The van der Waals surface area contributed by atoms with Crippen LogP contribution in [0.1, 0.15) is 12.8 Å². The zero-order valence-corrected chi connectivity index (χ0v) is 11.7. The van der Waals surface area contributed by atoms with Gasteiger partial charge in [0.15, 0.2) is 5.75 Å². The first kappa shape index (κ1) is 13.3. The Morgan fingerprint density at radius 3 is 2.18 bits per heavy atom. The minimum absolute atomic E-state index is 0.132. The lowest BCUT2D eigenvalue weighted by Gasteiger charge is -2.10. The van der Waals surface area contributed by atoms with Gasteiger partial charge in [0.25, 0.3) is 9.05 Å². The van der Waals surface area contributed by atoms with Crippen molar-refractivity contribution in [3.05, 3.63) is 22.2 Å². The van der Waals surface area contributed by atoms with Crippen LogP contribution in [0.2, 0.25) is 10.0 Å². The number of ether oxygens (including phenoxy) is 1. The lowest BCUT2D eigenvalue weighted by Crippen LogP contribution is -2.01. The molecule has 94 valence electrons. The average Bonchev–Trinajstić information content (AvgIpc) is 2.98. The van der Waals surface area contributed by atoms with Gasteiger partial charge in [-0.2, -0.15) is 0 Å². The fraction of sp³-hybridized carbons (Fsp3) is 0.400. The van der Waals surface area contributed by atoms with Crippen LogP contribution in [0.5, 0.6) is 5.75 Å². The molecular formula is C10H9Cl3O3S. The maximum atomic E-state index is 11.1. The second kappa shape index (κ2) is 4.84. The molecule has 17 heavy (non-hydrogen) atoms. The first-order valence-electron chi connectivity index (χ1n) is 4.94. The molecule has 3 nitrogen and oxygen atoms in total. The van der Waals surface area contributed by atoms with Crippen molar-refractivity contribution in [1.29, 1.82) is 0 Å². The zero-order valence-electron chi connectivity index (χ0n) is 8.62. The van der Waals surface area contributed by atoms with Crippen molar-refractivity contribution in [2.24, 2.45) is 5.92 Å². The van der Waals surface area contributed by atoms with E-state index in [9.17, 15) is 8.42 Å². The minimum Gasteiger partial charge on any atom is -0.490 e. The molecule has 0 radical (unpaired) electrons. The first-order chi connectivity index (χ1) is 7.88. The van der Waals surface area contributed by atoms with Crippen LogP contribution in [0, 0.1) is 5.92 Å². The van der Waals surface area contributed by atoms with E-state index in [0.29, 0.717) is 18.3 Å². The summed E-state index contributed by atoms with van der Waals surface area (Å²) in [7, 11) is 1.37. The normalized spacial score (nSPS) is 15.9. The molecule has 0 unspecified atom stereocenters. The van der Waals surface area contributed by atoms with E-state index < -0.39 is 9.05 Å². The van der Waals surface area contributed by atoms with Crippen LogP contribution in [-0.2, 0) is 9.05 Å². The van der Waals surface area contributed by atoms with Gasteiger partial charge in [0.05, 0.1) is 21.5 Å². The van der Waals surface area contributed by atoms with Gasteiger partial charge in [0, 0.05) is 10.7 Å². The fourth-order valence-corrected chi connectivity index (χ4v) is 2.81. The van der Waals surface area contributed by atoms with E-state index in [1.165, 1.54) is 12.1 Å². The van der Waals surface area contributed by atoms with Gasteiger partial charge in [-0.3, -0.25) is 0 Å². The summed E-state index contributed by atoms with van der Waals surface area (Å²) in [4.78, 5) is -0.132. The Morgan fingerprint density at radius 2 is 1.76 bits per heavy atom. The molecule has 1 aliphatic carbocycles. The summed E-state index contributed by atoms with van der Waals surface area (Å²) in [5.74, 6) is 0.864. The molecule has 0 atom stereocenters. The summed E-state index contributed by atoms with van der Waals surface area (Å²) in [6.45, 7) is 0.548. The maximum Gasteiger partial charge on any atom is 0.261 e. The van der Waals surface area contributed by atoms with Crippen LogP contribution in [0.3, 0.4) is 0 Å². The van der Waals surface area contributed by atoms with Crippen molar-refractivity contribution in [3.8, 4) is 5.75 Å². The molecule has 0 aromatic heterocycles. The van der Waals surface area contributed by atoms with Gasteiger partial charge < -0.3 is 4.74 Å². The Morgan fingerprint density at radius 1 is 1.24 bits per heavy atom. The van der Waals surface area contributed by atoms with Gasteiger partial charge in [0.1, 0.15) is 0 Å². The molecular weight excluding hydrogens is 307 g/mol. The second-order valence-electron chi connectivity index (χ2n) is 3.91. The highest BCUT2D eigenvalue weighted by molar-refractivity contribution is 8.13. The minimum atomic E-state index is -3.84. The van der Waals surface area contributed by atoms with E-state index in [2.05, 4.69) is 0 Å². The quantitative estimate of drug-likeness (QED) is 0.796. The summed E-state index contributed by atoms with van der Waals surface area (Å²) in [6, 6.07) is 2.47. The van der Waals surface area contributed by atoms with Crippen LogP contribution in [0.25, 0.3) is 0 Å². The Bertz CT molecular complexity index is 515. The Balaban J connectivity index is 2.27. The number of benzene rings is 1. The molecule has 1 aromatic rings. The molecule has 0 saturated heterocycles. The second-order valence-corrected chi connectivity index (χ2v) is 7.29. The van der Waals surface area contributed by atoms with Crippen molar-refractivity contribution >= 4 is 42.9 Å². The Kier molecular flexibility index (Phi) is 3.78. The molecule has 1 fully saturated rings. The van der Waals surface area contributed by atoms with Crippen molar-refractivity contribution < 1.29 is 13.2 Å². The number of hydrogen-bond donors (Lipinski definition) is 0. The van der Waals surface area contributed by atoms with Crippen LogP contribution in [-0.4, -0.2) is 15.0 Å². The van der Waals surface area contributed by atoms with Crippen molar-refractivity contribution in [1.82, 2.24) is 0 Å². The molecule has 1 aromatic carbocycles. The van der Waals surface area contributed by atoms with E-state index in [4.69, 9.17) is 38.6 Å². The van der Waals surface area contributed by atoms with E-state index in [1.807, 2.05) is 0 Å². The standard InChI is InChI=1S/C10H9Cl3O3S/c11-8-3-7(17(13,14)15)4-9(12)10(8)16-5-6-1-2-6/h3-4,6H,1-2,5H2. The van der Waals surface area contributed by atoms with Gasteiger partial charge in [-0.1, -0.05) is 23.2 Å². The van der Waals surface area contributed by atoms with Gasteiger partial charge in [-0.15, -0.1) is 0 Å². The Hall–Kier alpha value is -0.160. The third-order valence-electron chi connectivity index (χ3n) is 2.41. The summed E-state index contributed by atoms with van der Waals surface area (Å²) < 4.78 is 27.7. The monoisotopic (exact) mass is 314 g/mol. The van der Waals surface area contributed by atoms with Crippen molar-refractivity contribution in [2.45, 2.75) is 17.7 Å². The van der Waals surface area contributed by atoms with Crippen molar-refractivity contribution in [2.75, 3.05) is 6.61 Å². The lowest BCUT2D eigenvalue weighted by atomic mass is 10.3. The van der Waals surface area contributed by atoms with Crippen LogP contribution in [0.15, 0.2) is 17.0 Å². The number of halogens is 3. The molecule has 0 aliphatic heterocycles. The van der Waals surface area contributed by atoms with Crippen LogP contribution >= 0.6 is 33.9 Å². The Labute approximate surface area is 114 Å². The predicted octanol–water partition coefficient (Wildman–Crippen LogP) is 3.71. The van der Waals surface area contributed by atoms with Gasteiger partial charge in [0.2, 0.25) is 0 Å². The highest BCUT2D eigenvalue weighted by atomic mass is 35.7. The summed E-state index contributed by atoms with van der Waals surface area (Å²) in [6.07, 6.45) is 2.28. The van der Waals surface area contributed by atoms with Gasteiger partial charge in [-0.25, -0.2) is 8.42 Å². The molecule has 2 rings (SSSR count). The van der Waals surface area contributed by atoms with E-state index in [0.717, 1.165) is 12.8 Å². The first-order valence-corrected chi connectivity index (χ1v) is 8.01. The molecule has 0 bridgehead atoms. The summed E-state index contributed by atoms with van der Waals surface area (Å²) >= 11 is 11.8. The highest BCUT2D eigenvalue weighted by Gasteiger charge is 2.23. The van der Waals surface area contributed by atoms with Gasteiger partial charge >= 0.3 is 0 Å². The lowest BCUT2D eigenvalue weighted by molar-refractivity contribution is 0.300. The zero-order chi connectivity index (χ0) is 12.6. The third-order valence-corrected chi connectivity index (χ3v) is 4.31. The average molecular weight is 316 g/mol. The molecule has 1 aliphatic rings. The maximum absolute atomic E-state index is 11.1. The number of rotatable bonds is 4. The smallest absolute Gasteiger partial charge is 0.261 e.